The zero-order valence-corrected chi connectivity index (χ0v) is 17.9. The summed E-state index contributed by atoms with van der Waals surface area (Å²) in [6.45, 7) is 0. The Balaban J connectivity index is 0.000000257. The smallest absolute Gasteiger partial charge is 0.352 e. The summed E-state index contributed by atoms with van der Waals surface area (Å²) in [5, 5.41) is 8.96. The number of carboxylic acids is 1. The number of carbonyl (C=O) groups is 2. The minimum absolute atomic E-state index is 0.00994. The van der Waals surface area contributed by atoms with Gasteiger partial charge in [-0.1, -0.05) is 54.1 Å². The zero-order valence-electron chi connectivity index (χ0n) is 17.1. The predicted molar refractivity (Wildman–Crippen MR) is 123 cm³/mol. The fraction of sp³-hybridized carbons (Fsp3) is 0.0435. The first-order chi connectivity index (χ1) is 15.8. The summed E-state index contributed by atoms with van der Waals surface area (Å²) >= 11 is 5.81. The highest BCUT2D eigenvalue weighted by molar-refractivity contribution is 6.31. The fourth-order valence-corrected chi connectivity index (χ4v) is 3.15. The molecule has 168 valence electrons. The number of hydrogen-bond acceptors (Lipinski definition) is 5. The monoisotopic (exact) mass is 467 g/mol. The number of halogens is 2. The molecule has 0 aliphatic carbocycles. The van der Waals surface area contributed by atoms with Gasteiger partial charge in [0.25, 0.3) is 0 Å². The van der Waals surface area contributed by atoms with Crippen LogP contribution in [0.3, 0.4) is 0 Å². The van der Waals surface area contributed by atoms with Gasteiger partial charge in [-0.2, -0.15) is 0 Å². The summed E-state index contributed by atoms with van der Waals surface area (Å²) < 4.78 is 14.3. The van der Waals surface area contributed by atoms with E-state index in [4.69, 9.17) is 28.2 Å². The summed E-state index contributed by atoms with van der Waals surface area (Å²) in [4.78, 5) is 32.0. The Bertz CT molecular complexity index is 1290. The molecular formula is C23H19ClFN5O3. The molecule has 0 saturated heterocycles. The van der Waals surface area contributed by atoms with Crippen LogP contribution in [-0.2, 0) is 11.2 Å². The van der Waals surface area contributed by atoms with Crippen molar-refractivity contribution in [3.05, 3.63) is 89.1 Å². The van der Waals surface area contributed by atoms with Crippen LogP contribution in [-0.4, -0.2) is 31.9 Å². The van der Waals surface area contributed by atoms with Gasteiger partial charge in [0.2, 0.25) is 11.9 Å². The van der Waals surface area contributed by atoms with Crippen LogP contribution in [0.25, 0.3) is 22.4 Å². The molecule has 2 aromatic heterocycles. The molecule has 33 heavy (non-hydrogen) atoms. The van der Waals surface area contributed by atoms with Crippen molar-refractivity contribution >= 4 is 29.4 Å². The van der Waals surface area contributed by atoms with E-state index >= 15 is 0 Å². The number of H-pyrrole nitrogens is 1. The molecule has 4 aromatic rings. The summed E-state index contributed by atoms with van der Waals surface area (Å²) in [6.07, 6.45) is 3.16. The number of nitrogens with two attached hydrogens (primary N) is 2. The molecule has 0 fully saturated rings. The number of nitrogens with one attached hydrogen (secondary N) is 1. The summed E-state index contributed by atoms with van der Waals surface area (Å²) in [6, 6.07) is 15.4. The number of aromatic amines is 1. The maximum Gasteiger partial charge on any atom is 0.352 e. The number of amides is 1. The number of carboxylic acid groups (broad SMARTS) is 1. The number of carbonyl (C=O) groups excluding carboxylic acids is 1. The maximum absolute atomic E-state index is 14.3. The molecule has 2 aromatic carbocycles. The quantitative estimate of drug-likeness (QED) is 0.349. The molecule has 0 radical (unpaired) electrons. The number of anilines is 1. The first-order valence-electron chi connectivity index (χ1n) is 9.57. The number of aromatic carboxylic acids is 1. The van der Waals surface area contributed by atoms with Gasteiger partial charge in [-0.3, -0.25) is 4.79 Å². The van der Waals surface area contributed by atoms with Crippen LogP contribution >= 0.6 is 11.6 Å². The highest BCUT2D eigenvalue weighted by Gasteiger charge is 2.18. The van der Waals surface area contributed by atoms with E-state index in [1.807, 2.05) is 30.3 Å². The number of hydrogen-bond donors (Lipinski definition) is 4. The van der Waals surface area contributed by atoms with Crippen LogP contribution in [0.5, 0.6) is 0 Å². The Morgan fingerprint density at radius 2 is 1.82 bits per heavy atom. The topological polar surface area (TPSA) is 148 Å². The molecule has 0 atom stereocenters. The SMILES string of the molecule is NC(=O)Cc1ccccc1.Nc1ncc(-c2cccc(Cl)c2F)c(-c2c[nH]c(C(=O)O)c2)n1. The largest absolute Gasteiger partial charge is 0.477 e. The van der Waals surface area contributed by atoms with E-state index in [1.165, 1.54) is 30.6 Å². The molecular weight excluding hydrogens is 449 g/mol. The van der Waals surface area contributed by atoms with Crippen molar-refractivity contribution in [2.24, 2.45) is 5.73 Å². The van der Waals surface area contributed by atoms with Crippen molar-refractivity contribution in [1.29, 1.82) is 0 Å². The maximum atomic E-state index is 14.3. The number of primary amides is 1. The Morgan fingerprint density at radius 1 is 1.09 bits per heavy atom. The molecule has 1 amide bonds. The lowest BCUT2D eigenvalue weighted by atomic mass is 10.0. The van der Waals surface area contributed by atoms with Crippen molar-refractivity contribution in [3.8, 4) is 22.4 Å². The molecule has 6 N–H and O–H groups in total. The van der Waals surface area contributed by atoms with E-state index in [1.54, 1.807) is 6.07 Å². The van der Waals surface area contributed by atoms with Crippen LogP contribution in [0.4, 0.5) is 10.3 Å². The van der Waals surface area contributed by atoms with Crippen molar-refractivity contribution < 1.29 is 19.1 Å². The number of nitrogen functional groups attached to an aromatic ring is 1. The van der Waals surface area contributed by atoms with Gasteiger partial charge in [0.15, 0.2) is 0 Å². The van der Waals surface area contributed by atoms with Crippen LogP contribution in [0.15, 0.2) is 67.0 Å². The van der Waals surface area contributed by atoms with Crippen LogP contribution in [0, 0.1) is 5.82 Å². The average Bonchev–Trinajstić information content (AvgIpc) is 3.27. The van der Waals surface area contributed by atoms with E-state index in [-0.39, 0.29) is 28.1 Å². The van der Waals surface area contributed by atoms with E-state index in [2.05, 4.69) is 15.0 Å². The number of rotatable bonds is 5. The second-order valence-electron chi connectivity index (χ2n) is 6.83. The van der Waals surface area contributed by atoms with Gasteiger partial charge < -0.3 is 21.6 Å². The van der Waals surface area contributed by atoms with Crippen molar-refractivity contribution in [3.63, 3.8) is 0 Å². The van der Waals surface area contributed by atoms with Gasteiger partial charge in [0.1, 0.15) is 11.5 Å². The van der Waals surface area contributed by atoms with E-state index in [0.29, 0.717) is 23.2 Å². The van der Waals surface area contributed by atoms with Gasteiger partial charge in [-0.05, 0) is 17.7 Å². The number of benzene rings is 2. The molecule has 0 aliphatic heterocycles. The molecule has 10 heteroatoms. The standard InChI is InChI=1S/C15H10ClFN4O2.C8H9NO/c16-10-3-1-2-8(12(10)17)9-6-20-15(18)21-13(9)7-4-11(14(22)23)19-5-7;9-8(10)6-7-4-2-1-3-5-7/h1-6,19H,(H,22,23)(H2,18,20,21);1-5H,6H2,(H2,9,10). The number of aromatic nitrogens is 3. The minimum Gasteiger partial charge on any atom is -0.477 e. The fourth-order valence-electron chi connectivity index (χ4n) is 2.98. The highest BCUT2D eigenvalue weighted by atomic mass is 35.5. The molecule has 0 unspecified atom stereocenters. The van der Waals surface area contributed by atoms with Gasteiger partial charge in [0, 0.05) is 29.1 Å². The lowest BCUT2D eigenvalue weighted by Crippen LogP contribution is -2.13. The van der Waals surface area contributed by atoms with Crippen LogP contribution in [0.1, 0.15) is 16.1 Å². The second-order valence-corrected chi connectivity index (χ2v) is 7.23. The normalized spacial score (nSPS) is 10.2. The highest BCUT2D eigenvalue weighted by Crippen LogP contribution is 2.34. The van der Waals surface area contributed by atoms with Crippen molar-refractivity contribution in [1.82, 2.24) is 15.0 Å². The first-order valence-corrected chi connectivity index (χ1v) is 9.95. The third-order valence-electron chi connectivity index (χ3n) is 4.46. The van der Waals surface area contributed by atoms with Crippen molar-refractivity contribution in [2.75, 3.05) is 5.73 Å². The van der Waals surface area contributed by atoms with Crippen LogP contribution < -0.4 is 11.5 Å². The Labute approximate surface area is 193 Å². The minimum atomic E-state index is -1.12. The molecule has 2 heterocycles. The molecule has 0 saturated carbocycles. The van der Waals surface area contributed by atoms with Gasteiger partial charge >= 0.3 is 5.97 Å². The Morgan fingerprint density at radius 3 is 2.45 bits per heavy atom. The lowest BCUT2D eigenvalue weighted by molar-refractivity contribution is -0.117. The molecule has 0 aliphatic rings. The molecule has 0 bridgehead atoms. The third-order valence-corrected chi connectivity index (χ3v) is 4.75. The molecule has 4 rings (SSSR count). The third kappa shape index (κ3) is 5.92. The van der Waals surface area contributed by atoms with E-state index in [9.17, 15) is 14.0 Å². The summed E-state index contributed by atoms with van der Waals surface area (Å²) in [5.41, 5.74) is 12.9. The van der Waals surface area contributed by atoms with Crippen molar-refractivity contribution in [2.45, 2.75) is 6.42 Å². The second kappa shape index (κ2) is 10.4. The van der Waals surface area contributed by atoms with Gasteiger partial charge in [-0.25, -0.2) is 19.2 Å². The summed E-state index contributed by atoms with van der Waals surface area (Å²) in [5.74, 6) is -2.03. The van der Waals surface area contributed by atoms with E-state index < -0.39 is 11.8 Å². The number of nitrogens with zero attached hydrogens (tertiary/aromatic N) is 2. The average molecular weight is 468 g/mol. The molecule has 0 spiro atoms. The van der Waals surface area contributed by atoms with E-state index in [0.717, 1.165) is 5.56 Å². The lowest BCUT2D eigenvalue weighted by Gasteiger charge is -2.09. The Hall–Kier alpha value is -4.24. The summed E-state index contributed by atoms with van der Waals surface area (Å²) in [7, 11) is 0. The zero-order chi connectivity index (χ0) is 24.0. The van der Waals surface area contributed by atoms with Gasteiger partial charge in [0.05, 0.1) is 17.1 Å². The Kier molecular flexibility index (Phi) is 7.37. The first kappa shape index (κ1) is 23.4. The van der Waals surface area contributed by atoms with Crippen LogP contribution in [0.2, 0.25) is 5.02 Å². The molecule has 8 nitrogen and oxygen atoms in total. The van der Waals surface area contributed by atoms with Gasteiger partial charge in [-0.15, -0.1) is 0 Å². The predicted octanol–water partition coefficient (Wildman–Crippen LogP) is 3.93.